The van der Waals surface area contributed by atoms with Gasteiger partial charge in [0.1, 0.15) is 0 Å². The van der Waals surface area contributed by atoms with Gasteiger partial charge in [-0.25, -0.2) is 9.59 Å². The normalized spacial score (nSPS) is 12.1. The average molecular weight is 306 g/mol. The molecule has 0 saturated carbocycles. The molecule has 118 valence electrons. The van der Waals surface area contributed by atoms with Crippen LogP contribution >= 0.6 is 0 Å². The van der Waals surface area contributed by atoms with Crippen LogP contribution in [-0.4, -0.2) is 35.5 Å². The molecule has 1 atom stereocenters. The molecule has 7 heteroatoms. The van der Waals surface area contributed by atoms with Crippen molar-refractivity contribution in [3.05, 3.63) is 29.8 Å². The SMILES string of the molecule is CCCC(=O)C(N=Nc1ccc(C(=O)O)cc1)C(=O)OCC. The molecule has 22 heavy (non-hydrogen) atoms. The molecule has 7 nitrogen and oxygen atoms in total. The molecule has 0 saturated heterocycles. The Hall–Kier alpha value is -2.57. The zero-order chi connectivity index (χ0) is 16.5. The molecule has 0 heterocycles. The third-order valence-electron chi connectivity index (χ3n) is 2.71. The third kappa shape index (κ3) is 5.08. The number of hydrogen-bond donors (Lipinski definition) is 1. The Morgan fingerprint density at radius 2 is 1.82 bits per heavy atom. The summed E-state index contributed by atoms with van der Waals surface area (Å²) in [5, 5.41) is 16.4. The van der Waals surface area contributed by atoms with Crippen molar-refractivity contribution in [2.75, 3.05) is 6.61 Å². The highest BCUT2D eigenvalue weighted by molar-refractivity contribution is 6.03. The van der Waals surface area contributed by atoms with Crippen LogP contribution in [0.25, 0.3) is 0 Å². The fourth-order valence-corrected chi connectivity index (χ4v) is 1.64. The van der Waals surface area contributed by atoms with Gasteiger partial charge in [-0.15, -0.1) is 0 Å². The number of Topliss-reactive ketones (excluding diaryl/α,β-unsaturated/α-hetero) is 1. The summed E-state index contributed by atoms with van der Waals surface area (Å²) in [5.74, 6) is -2.13. The lowest BCUT2D eigenvalue weighted by atomic mass is 10.1. The van der Waals surface area contributed by atoms with Crippen LogP contribution in [0.2, 0.25) is 0 Å². The molecule has 0 fully saturated rings. The quantitative estimate of drug-likeness (QED) is 0.451. The predicted octanol–water partition coefficient (Wildman–Crippen LogP) is 2.77. The molecule has 0 aliphatic heterocycles. The monoisotopic (exact) mass is 306 g/mol. The lowest BCUT2D eigenvalue weighted by Gasteiger charge is -2.08. The van der Waals surface area contributed by atoms with Crippen molar-refractivity contribution < 1.29 is 24.2 Å². The summed E-state index contributed by atoms with van der Waals surface area (Å²) < 4.78 is 4.82. The molecule has 0 aromatic heterocycles. The first-order valence-electron chi connectivity index (χ1n) is 6.93. The number of ether oxygens (including phenoxy) is 1. The average Bonchev–Trinajstić information content (AvgIpc) is 2.48. The molecule has 0 radical (unpaired) electrons. The maximum atomic E-state index is 11.9. The molecule has 1 rings (SSSR count). The molecule has 0 spiro atoms. The first kappa shape index (κ1) is 17.5. The van der Waals surface area contributed by atoms with Crippen LogP contribution in [0.4, 0.5) is 5.69 Å². The number of nitrogens with zero attached hydrogens (tertiary/aromatic N) is 2. The Kier molecular flexibility index (Phi) is 6.88. The molecule has 0 aliphatic rings. The summed E-state index contributed by atoms with van der Waals surface area (Å²) in [6.45, 7) is 3.61. The van der Waals surface area contributed by atoms with Crippen molar-refractivity contribution in [3.63, 3.8) is 0 Å². The van der Waals surface area contributed by atoms with E-state index >= 15 is 0 Å². The minimum absolute atomic E-state index is 0.114. The number of azo groups is 1. The largest absolute Gasteiger partial charge is 0.478 e. The van der Waals surface area contributed by atoms with Gasteiger partial charge in [-0.1, -0.05) is 6.92 Å². The molecule has 1 aromatic rings. The number of rotatable bonds is 8. The molecule has 0 bridgehead atoms. The Labute approximate surface area is 128 Å². The number of esters is 1. The van der Waals surface area contributed by atoms with Crippen LogP contribution in [0.5, 0.6) is 0 Å². The Morgan fingerprint density at radius 1 is 1.18 bits per heavy atom. The highest BCUT2D eigenvalue weighted by atomic mass is 16.5. The number of ketones is 1. The number of carbonyl (C=O) groups excluding carboxylic acids is 2. The van der Waals surface area contributed by atoms with Crippen molar-refractivity contribution in [1.29, 1.82) is 0 Å². The van der Waals surface area contributed by atoms with Crippen molar-refractivity contribution in [1.82, 2.24) is 0 Å². The van der Waals surface area contributed by atoms with Gasteiger partial charge >= 0.3 is 11.9 Å². The summed E-state index contributed by atoms with van der Waals surface area (Å²) in [5.41, 5.74) is 0.464. The maximum Gasteiger partial charge on any atom is 0.340 e. The minimum atomic E-state index is -1.28. The Bertz CT molecular complexity index is 548. The molecule has 1 aromatic carbocycles. The van der Waals surface area contributed by atoms with E-state index in [0.29, 0.717) is 12.1 Å². The van der Waals surface area contributed by atoms with E-state index in [0.717, 1.165) is 0 Å². The van der Waals surface area contributed by atoms with E-state index in [1.807, 2.05) is 6.92 Å². The van der Waals surface area contributed by atoms with Gasteiger partial charge in [-0.3, -0.25) is 4.79 Å². The fraction of sp³-hybridized carbons (Fsp3) is 0.400. The second kappa shape index (κ2) is 8.66. The molecular formula is C15H18N2O5. The number of carbonyl (C=O) groups is 3. The number of carboxylic acids is 1. The second-order valence-corrected chi connectivity index (χ2v) is 4.44. The first-order chi connectivity index (χ1) is 10.5. The summed E-state index contributed by atoms with van der Waals surface area (Å²) >= 11 is 0. The predicted molar refractivity (Wildman–Crippen MR) is 78.3 cm³/mol. The van der Waals surface area contributed by atoms with Crippen LogP contribution in [0.3, 0.4) is 0 Å². The lowest BCUT2D eigenvalue weighted by Crippen LogP contribution is -2.29. The van der Waals surface area contributed by atoms with Crippen LogP contribution in [0.15, 0.2) is 34.5 Å². The van der Waals surface area contributed by atoms with Crippen LogP contribution in [0, 0.1) is 0 Å². The second-order valence-electron chi connectivity index (χ2n) is 4.44. The zero-order valence-corrected chi connectivity index (χ0v) is 12.5. The minimum Gasteiger partial charge on any atom is -0.478 e. The maximum absolute atomic E-state index is 11.9. The highest BCUT2D eigenvalue weighted by Crippen LogP contribution is 2.15. The standard InChI is InChI=1S/C15H18N2O5/c1-3-5-12(18)13(15(21)22-4-2)17-16-11-8-6-10(7-9-11)14(19)20/h6-9,13H,3-5H2,1-2H3,(H,19,20). The molecule has 0 aliphatic carbocycles. The van der Waals surface area contributed by atoms with Crippen molar-refractivity contribution in [3.8, 4) is 0 Å². The molecule has 1 unspecified atom stereocenters. The van der Waals surface area contributed by atoms with E-state index in [1.165, 1.54) is 24.3 Å². The molecule has 0 amide bonds. The van der Waals surface area contributed by atoms with Gasteiger partial charge in [0.2, 0.25) is 6.04 Å². The number of aromatic carboxylic acids is 1. The van der Waals surface area contributed by atoms with Gasteiger partial charge in [0.05, 0.1) is 17.9 Å². The Morgan fingerprint density at radius 3 is 2.32 bits per heavy atom. The van der Waals surface area contributed by atoms with Gasteiger partial charge in [0.25, 0.3) is 0 Å². The fourth-order valence-electron chi connectivity index (χ4n) is 1.64. The van der Waals surface area contributed by atoms with Crippen LogP contribution < -0.4 is 0 Å². The van der Waals surface area contributed by atoms with E-state index in [-0.39, 0.29) is 24.4 Å². The molecular weight excluding hydrogens is 288 g/mol. The highest BCUT2D eigenvalue weighted by Gasteiger charge is 2.26. The van der Waals surface area contributed by atoms with Gasteiger partial charge in [0.15, 0.2) is 5.78 Å². The van der Waals surface area contributed by atoms with E-state index in [9.17, 15) is 14.4 Å². The summed E-state index contributed by atoms with van der Waals surface area (Å²) in [6, 6.07) is 4.34. The first-order valence-corrected chi connectivity index (χ1v) is 6.93. The van der Waals surface area contributed by atoms with Gasteiger partial charge in [0, 0.05) is 6.42 Å². The van der Waals surface area contributed by atoms with Crippen molar-refractivity contribution >= 4 is 23.4 Å². The van der Waals surface area contributed by atoms with E-state index in [4.69, 9.17) is 9.84 Å². The van der Waals surface area contributed by atoms with Crippen molar-refractivity contribution in [2.24, 2.45) is 10.2 Å². The summed E-state index contributed by atoms with van der Waals surface area (Å²) in [6.07, 6.45) is 0.804. The smallest absolute Gasteiger partial charge is 0.340 e. The van der Waals surface area contributed by atoms with Gasteiger partial charge in [-0.2, -0.15) is 10.2 Å². The number of carboxylic acid groups (broad SMARTS) is 1. The van der Waals surface area contributed by atoms with E-state index in [2.05, 4.69) is 10.2 Å². The van der Waals surface area contributed by atoms with Crippen molar-refractivity contribution in [2.45, 2.75) is 32.7 Å². The summed E-state index contributed by atoms with van der Waals surface area (Å²) in [4.78, 5) is 34.4. The van der Waals surface area contributed by atoms with Gasteiger partial charge < -0.3 is 9.84 Å². The molecule has 1 N–H and O–H groups in total. The topological polar surface area (TPSA) is 105 Å². The van der Waals surface area contributed by atoms with E-state index in [1.54, 1.807) is 6.92 Å². The zero-order valence-electron chi connectivity index (χ0n) is 12.5. The van der Waals surface area contributed by atoms with Crippen LogP contribution in [-0.2, 0) is 14.3 Å². The summed E-state index contributed by atoms with van der Waals surface area (Å²) in [7, 11) is 0. The number of hydrogen-bond acceptors (Lipinski definition) is 6. The lowest BCUT2D eigenvalue weighted by molar-refractivity contribution is -0.147. The van der Waals surface area contributed by atoms with Gasteiger partial charge in [-0.05, 0) is 37.6 Å². The van der Waals surface area contributed by atoms with E-state index < -0.39 is 18.0 Å². The number of benzene rings is 1. The van der Waals surface area contributed by atoms with Crippen LogP contribution in [0.1, 0.15) is 37.0 Å². The Balaban J connectivity index is 2.89. The third-order valence-corrected chi connectivity index (χ3v) is 2.71.